The molecule has 0 aromatic carbocycles. The maximum absolute atomic E-state index is 7.13. The molecule has 0 radical (unpaired) electrons. The molecule has 0 amide bonds. The summed E-state index contributed by atoms with van der Waals surface area (Å²) in [6, 6.07) is 0. The van der Waals surface area contributed by atoms with Gasteiger partial charge in [0, 0.05) is 0 Å². The summed E-state index contributed by atoms with van der Waals surface area (Å²) in [5.74, 6) is 0. The van der Waals surface area contributed by atoms with Gasteiger partial charge in [-0.05, 0) is 0 Å². The first kappa shape index (κ1) is 24.0. The van der Waals surface area contributed by atoms with Crippen LogP contribution in [0.25, 0.3) is 0 Å². The van der Waals surface area contributed by atoms with Crippen molar-refractivity contribution in [3.05, 3.63) is 0 Å². The molecule has 4 nitrogen and oxygen atoms in total. The minimum absolute atomic E-state index is 1.07. The van der Waals surface area contributed by atoms with Crippen LogP contribution in [-0.4, -0.2) is 55.8 Å². The summed E-state index contributed by atoms with van der Waals surface area (Å²) < 4.78 is 28.5. The Labute approximate surface area is 163 Å². The van der Waals surface area contributed by atoms with Gasteiger partial charge in [0.05, 0.1) is 0 Å². The van der Waals surface area contributed by atoms with Crippen LogP contribution < -0.4 is 0 Å². The zero-order chi connectivity index (χ0) is 18.5. The molecule has 1 rings (SSSR count). The van der Waals surface area contributed by atoms with E-state index in [1.165, 1.54) is 0 Å². The first-order valence-electron chi connectivity index (χ1n) is 10.1. The Hall–Kier alpha value is 2.01. The Kier molecular flexibility index (Phi) is 10.0. The molecule has 1 fully saturated rings. The molecule has 1 heterocycles. The van der Waals surface area contributed by atoms with Crippen molar-refractivity contribution >= 4 is 55.8 Å². The molecule has 0 spiro atoms. The quantitative estimate of drug-likeness (QED) is 0.327. The van der Waals surface area contributed by atoms with E-state index in [0.29, 0.717) is 0 Å². The first-order chi connectivity index (χ1) is 11.3. The van der Waals surface area contributed by atoms with Gasteiger partial charge in [0.15, 0.2) is 0 Å². The second-order valence-corrected chi connectivity index (χ2v) is 44.6. The van der Waals surface area contributed by atoms with Crippen LogP contribution in [-0.2, 0) is 11.2 Å². The molecule has 0 aromatic rings. The van der Waals surface area contributed by atoms with Crippen molar-refractivity contribution in [2.75, 3.05) is 0 Å². The summed E-state index contributed by atoms with van der Waals surface area (Å²) in [5, 5.41) is 8.57. The Morgan fingerprint density at radius 2 is 0.458 bits per heavy atom. The van der Waals surface area contributed by atoms with E-state index < -0.39 is 55.8 Å². The topological polar surface area (TPSA) is 36.9 Å². The molecule has 1 aliphatic rings. The van der Waals surface area contributed by atoms with E-state index in [2.05, 4.69) is 55.4 Å². The van der Waals surface area contributed by atoms with E-state index in [1.807, 2.05) is 0 Å². The third-order valence-electron chi connectivity index (χ3n) is 5.80. The SMILES string of the molecule is C[CH2][Ge]1([CH2]C)[O][Ge]([CH2]C)([CH2]C)[O][Ge]([CH2]C)([CH2]C)[O][Ge]([CH2]C)([CH2]C)[O]1. The van der Waals surface area contributed by atoms with E-state index in [-0.39, 0.29) is 0 Å². The molecular formula is C16H40Ge4O4. The van der Waals surface area contributed by atoms with Gasteiger partial charge in [0.1, 0.15) is 0 Å². The summed E-state index contributed by atoms with van der Waals surface area (Å²) in [5.41, 5.74) is 0. The van der Waals surface area contributed by atoms with E-state index in [9.17, 15) is 0 Å². The van der Waals surface area contributed by atoms with Crippen molar-refractivity contribution in [3.8, 4) is 0 Å². The fourth-order valence-electron chi connectivity index (χ4n) is 3.59. The van der Waals surface area contributed by atoms with Crippen LogP contribution in [0.15, 0.2) is 0 Å². The van der Waals surface area contributed by atoms with E-state index in [4.69, 9.17) is 11.2 Å². The van der Waals surface area contributed by atoms with Crippen LogP contribution in [0.4, 0.5) is 0 Å². The predicted molar refractivity (Wildman–Crippen MR) is 111 cm³/mol. The Bertz CT molecular complexity index is 290. The van der Waals surface area contributed by atoms with Crippen LogP contribution in [0, 0.1) is 0 Å². The van der Waals surface area contributed by atoms with Crippen molar-refractivity contribution in [1.29, 1.82) is 0 Å². The second kappa shape index (κ2) is 9.98. The fourth-order valence-corrected chi connectivity index (χ4v) is 84.7. The molecule has 1 aliphatic heterocycles. The van der Waals surface area contributed by atoms with Crippen molar-refractivity contribution < 1.29 is 11.2 Å². The molecular weight excluding hydrogens is 547 g/mol. The number of hydrogen-bond acceptors (Lipinski definition) is 4. The maximum atomic E-state index is 7.13. The third kappa shape index (κ3) is 5.08. The molecule has 0 unspecified atom stereocenters. The molecule has 0 aliphatic carbocycles. The van der Waals surface area contributed by atoms with Gasteiger partial charge in [-0.1, -0.05) is 0 Å². The standard InChI is InChI=1S/C16H40Ge4O4/c1-9-17(10-2)21-18(11-3,12-4)23-20(15-7,16-8)24-19(13-5,14-6)22-17/h9-16H2,1-8H3. The predicted octanol–water partition coefficient (Wildman–Crippen LogP) is 5.99. The molecule has 24 heavy (non-hydrogen) atoms. The molecule has 8 heteroatoms. The van der Waals surface area contributed by atoms with Gasteiger partial charge in [-0.2, -0.15) is 0 Å². The normalized spacial score (nSPS) is 25.0. The summed E-state index contributed by atoms with van der Waals surface area (Å²) in [6.07, 6.45) is 0. The van der Waals surface area contributed by atoms with Crippen LogP contribution in [0.1, 0.15) is 55.4 Å². The summed E-state index contributed by atoms with van der Waals surface area (Å²) >= 11 is -11.3. The van der Waals surface area contributed by atoms with Gasteiger partial charge in [-0.15, -0.1) is 0 Å². The molecule has 1 saturated heterocycles. The van der Waals surface area contributed by atoms with Gasteiger partial charge in [-0.25, -0.2) is 0 Å². The Morgan fingerprint density at radius 1 is 0.333 bits per heavy atom. The van der Waals surface area contributed by atoms with Gasteiger partial charge >= 0.3 is 164 Å². The number of hydrogen-bond donors (Lipinski definition) is 0. The van der Waals surface area contributed by atoms with E-state index >= 15 is 0 Å². The van der Waals surface area contributed by atoms with Crippen LogP contribution in [0.2, 0.25) is 42.0 Å². The summed E-state index contributed by atoms with van der Waals surface area (Å²) in [4.78, 5) is 0. The van der Waals surface area contributed by atoms with Crippen molar-refractivity contribution in [2.24, 2.45) is 0 Å². The van der Waals surface area contributed by atoms with Gasteiger partial charge in [0.25, 0.3) is 0 Å². The summed E-state index contributed by atoms with van der Waals surface area (Å²) in [7, 11) is 0. The minimum atomic E-state index is -2.82. The van der Waals surface area contributed by atoms with Crippen LogP contribution in [0.3, 0.4) is 0 Å². The molecule has 0 saturated carbocycles. The third-order valence-corrected chi connectivity index (χ3v) is 62.6. The average molecular weight is 587 g/mol. The average Bonchev–Trinajstić information content (AvgIpc) is 2.63. The fraction of sp³-hybridized carbons (Fsp3) is 1.00. The van der Waals surface area contributed by atoms with Crippen LogP contribution >= 0.6 is 0 Å². The zero-order valence-electron chi connectivity index (χ0n) is 17.3. The molecule has 144 valence electrons. The van der Waals surface area contributed by atoms with Crippen molar-refractivity contribution in [2.45, 2.75) is 97.4 Å². The molecule has 0 bridgehead atoms. The molecule has 0 aromatic heterocycles. The van der Waals surface area contributed by atoms with Gasteiger partial charge in [-0.3, -0.25) is 0 Å². The van der Waals surface area contributed by atoms with Gasteiger partial charge in [0.2, 0.25) is 0 Å². The first-order valence-corrected chi connectivity index (χ1v) is 28.8. The Morgan fingerprint density at radius 3 is 0.542 bits per heavy atom. The monoisotopic (exact) mass is 592 g/mol. The van der Waals surface area contributed by atoms with Crippen molar-refractivity contribution in [1.82, 2.24) is 0 Å². The van der Waals surface area contributed by atoms with E-state index in [1.54, 1.807) is 0 Å². The molecule has 0 N–H and O–H groups in total. The van der Waals surface area contributed by atoms with Crippen molar-refractivity contribution in [3.63, 3.8) is 0 Å². The van der Waals surface area contributed by atoms with Crippen LogP contribution in [0.5, 0.6) is 0 Å². The second-order valence-electron chi connectivity index (χ2n) is 6.88. The Balaban J connectivity index is 3.45. The van der Waals surface area contributed by atoms with Gasteiger partial charge < -0.3 is 0 Å². The summed E-state index contributed by atoms with van der Waals surface area (Å²) in [6.45, 7) is 18.2. The van der Waals surface area contributed by atoms with E-state index in [0.717, 1.165) is 42.0 Å². The molecule has 0 atom stereocenters. The zero-order valence-corrected chi connectivity index (χ0v) is 25.7. The number of rotatable bonds is 8.